The first-order valence-electron chi connectivity index (χ1n) is 8.59. The van der Waals surface area contributed by atoms with Gasteiger partial charge in [-0.3, -0.25) is 4.90 Å². The van der Waals surface area contributed by atoms with Crippen molar-refractivity contribution < 1.29 is 24.4 Å². The lowest BCUT2D eigenvalue weighted by Crippen LogP contribution is -2.54. The number of aliphatic hydroxyl groups excluding tert-OH is 2. The second kappa shape index (κ2) is 7.68. The fraction of sp³-hybridized carbons (Fsp3) is 0.667. The Morgan fingerprint density at radius 2 is 1.92 bits per heavy atom. The molecule has 0 radical (unpaired) electrons. The van der Waals surface area contributed by atoms with Crippen molar-refractivity contribution in [3.05, 3.63) is 22.7 Å². The summed E-state index contributed by atoms with van der Waals surface area (Å²) in [6.45, 7) is 2.61. The van der Waals surface area contributed by atoms with Gasteiger partial charge in [0.2, 0.25) is 0 Å². The van der Waals surface area contributed by atoms with Crippen LogP contribution in [0.2, 0.25) is 5.02 Å². The first-order chi connectivity index (χ1) is 12.0. The lowest BCUT2D eigenvalue weighted by Gasteiger charge is -2.46. The number of nitrogens with zero attached hydrogens (tertiary/aromatic N) is 1. The Morgan fingerprint density at radius 1 is 1.20 bits per heavy atom. The molecule has 2 fully saturated rings. The molecule has 3 rings (SSSR count). The van der Waals surface area contributed by atoms with Gasteiger partial charge in [0.05, 0.1) is 32.5 Å². The van der Waals surface area contributed by atoms with Crippen LogP contribution in [0.15, 0.2) is 12.1 Å². The van der Waals surface area contributed by atoms with E-state index in [1.807, 2.05) is 6.07 Å². The monoisotopic (exact) mass is 371 g/mol. The Balaban J connectivity index is 1.66. The number of hydrogen-bond donors (Lipinski definition) is 2. The van der Waals surface area contributed by atoms with Gasteiger partial charge in [-0.25, -0.2) is 0 Å². The zero-order valence-corrected chi connectivity index (χ0v) is 15.5. The van der Waals surface area contributed by atoms with E-state index in [0.29, 0.717) is 29.5 Å². The highest BCUT2D eigenvalue weighted by molar-refractivity contribution is 6.30. The third kappa shape index (κ3) is 4.04. The maximum Gasteiger partial charge on any atom is 0.165 e. The molecule has 0 bridgehead atoms. The summed E-state index contributed by atoms with van der Waals surface area (Å²) < 4.78 is 16.7. The maximum absolute atomic E-state index is 9.96. The molecule has 2 N–H and O–H groups in total. The summed E-state index contributed by atoms with van der Waals surface area (Å²) in [5.74, 6) is 1.34. The normalized spacial score (nSPS) is 26.6. The van der Waals surface area contributed by atoms with Gasteiger partial charge in [-0.15, -0.1) is 0 Å². The zero-order chi connectivity index (χ0) is 18.0. The highest BCUT2D eigenvalue weighted by Gasteiger charge is 2.42. The van der Waals surface area contributed by atoms with Crippen molar-refractivity contribution in [3.8, 4) is 11.5 Å². The van der Waals surface area contributed by atoms with Gasteiger partial charge in [-0.1, -0.05) is 11.6 Å². The second-order valence-corrected chi connectivity index (χ2v) is 7.35. The van der Waals surface area contributed by atoms with Crippen LogP contribution in [0.3, 0.4) is 0 Å². The summed E-state index contributed by atoms with van der Waals surface area (Å²) in [6.07, 6.45) is 0.689. The molecule has 140 valence electrons. The lowest BCUT2D eigenvalue weighted by atomic mass is 9.82. The largest absolute Gasteiger partial charge is 0.493 e. The van der Waals surface area contributed by atoms with Crippen LogP contribution in [0.25, 0.3) is 0 Å². The third-order valence-electron chi connectivity index (χ3n) is 5.27. The van der Waals surface area contributed by atoms with Crippen molar-refractivity contribution in [1.82, 2.24) is 4.90 Å². The van der Waals surface area contributed by atoms with Crippen molar-refractivity contribution in [1.29, 1.82) is 0 Å². The summed E-state index contributed by atoms with van der Waals surface area (Å²) in [4.78, 5) is 2.32. The van der Waals surface area contributed by atoms with E-state index in [1.165, 1.54) is 0 Å². The molecule has 2 aliphatic heterocycles. The van der Waals surface area contributed by atoms with Crippen LogP contribution in [-0.4, -0.2) is 66.8 Å². The summed E-state index contributed by atoms with van der Waals surface area (Å²) in [5.41, 5.74) is 0.674. The Bertz CT molecular complexity index is 603. The van der Waals surface area contributed by atoms with E-state index < -0.39 is 12.2 Å². The SMILES string of the molecule is COc1cc(Cl)cc(CN2CCC3(CC2)C[C@@H](O)[C@@H](O)CO3)c1OC. The van der Waals surface area contributed by atoms with Gasteiger partial charge >= 0.3 is 0 Å². The van der Waals surface area contributed by atoms with Crippen molar-refractivity contribution in [2.24, 2.45) is 0 Å². The molecule has 0 unspecified atom stereocenters. The Hall–Kier alpha value is -1.05. The zero-order valence-electron chi connectivity index (χ0n) is 14.7. The molecule has 7 heteroatoms. The molecule has 0 amide bonds. The minimum Gasteiger partial charge on any atom is -0.493 e. The Labute approximate surface area is 153 Å². The quantitative estimate of drug-likeness (QED) is 0.841. The number of hydrogen-bond acceptors (Lipinski definition) is 6. The first-order valence-corrected chi connectivity index (χ1v) is 8.97. The van der Waals surface area contributed by atoms with E-state index in [2.05, 4.69) is 4.90 Å². The van der Waals surface area contributed by atoms with Crippen LogP contribution in [0.1, 0.15) is 24.8 Å². The predicted octanol–water partition coefficient (Wildman–Crippen LogP) is 1.83. The smallest absolute Gasteiger partial charge is 0.165 e. The van der Waals surface area contributed by atoms with E-state index in [9.17, 15) is 10.2 Å². The number of ether oxygens (including phenoxy) is 3. The van der Waals surface area contributed by atoms with Crippen LogP contribution < -0.4 is 9.47 Å². The van der Waals surface area contributed by atoms with Crippen molar-refractivity contribution in [2.45, 2.75) is 43.6 Å². The molecule has 2 atom stereocenters. The van der Waals surface area contributed by atoms with Gasteiger partial charge in [0.15, 0.2) is 11.5 Å². The first kappa shape index (κ1) is 18.7. The highest BCUT2D eigenvalue weighted by Crippen LogP contribution is 2.38. The van der Waals surface area contributed by atoms with E-state index in [0.717, 1.165) is 31.5 Å². The topological polar surface area (TPSA) is 71.4 Å². The number of piperidine rings is 1. The number of methoxy groups -OCH3 is 2. The Kier molecular flexibility index (Phi) is 5.75. The van der Waals surface area contributed by atoms with E-state index in [4.69, 9.17) is 25.8 Å². The van der Waals surface area contributed by atoms with Gasteiger partial charge in [-0.2, -0.15) is 0 Å². The van der Waals surface area contributed by atoms with Gasteiger partial charge in [0.1, 0.15) is 6.10 Å². The van der Waals surface area contributed by atoms with Gasteiger partial charge in [0, 0.05) is 42.7 Å². The number of rotatable bonds is 4. The highest BCUT2D eigenvalue weighted by atomic mass is 35.5. The molecule has 2 heterocycles. The van der Waals surface area contributed by atoms with Crippen molar-refractivity contribution in [3.63, 3.8) is 0 Å². The van der Waals surface area contributed by atoms with Crippen LogP contribution >= 0.6 is 11.6 Å². The van der Waals surface area contributed by atoms with E-state index in [1.54, 1.807) is 20.3 Å². The van der Waals surface area contributed by atoms with Crippen LogP contribution in [-0.2, 0) is 11.3 Å². The Morgan fingerprint density at radius 3 is 2.52 bits per heavy atom. The molecule has 6 nitrogen and oxygen atoms in total. The number of aliphatic hydroxyl groups is 2. The van der Waals surface area contributed by atoms with E-state index in [-0.39, 0.29) is 12.2 Å². The number of likely N-dealkylation sites (tertiary alicyclic amines) is 1. The summed E-state index contributed by atoms with van der Waals surface area (Å²) >= 11 is 6.20. The lowest BCUT2D eigenvalue weighted by molar-refractivity contribution is -0.188. The van der Waals surface area contributed by atoms with Gasteiger partial charge in [0.25, 0.3) is 0 Å². The summed E-state index contributed by atoms with van der Waals surface area (Å²) in [7, 11) is 3.23. The molecular formula is C18H26ClNO5. The maximum atomic E-state index is 9.96. The molecule has 1 aromatic carbocycles. The van der Waals surface area contributed by atoms with E-state index >= 15 is 0 Å². The van der Waals surface area contributed by atoms with Crippen molar-refractivity contribution in [2.75, 3.05) is 33.9 Å². The predicted molar refractivity (Wildman–Crippen MR) is 94.4 cm³/mol. The molecule has 0 aliphatic carbocycles. The number of halogens is 1. The molecule has 1 spiro atoms. The second-order valence-electron chi connectivity index (χ2n) is 6.91. The average molecular weight is 372 g/mol. The van der Waals surface area contributed by atoms with Crippen LogP contribution in [0.4, 0.5) is 0 Å². The van der Waals surface area contributed by atoms with Crippen LogP contribution in [0.5, 0.6) is 11.5 Å². The summed E-state index contributed by atoms with van der Waals surface area (Å²) in [6, 6.07) is 3.65. The fourth-order valence-electron chi connectivity index (χ4n) is 3.78. The van der Waals surface area contributed by atoms with Gasteiger partial charge in [-0.05, 0) is 18.9 Å². The molecule has 1 aromatic rings. The molecule has 2 aliphatic rings. The average Bonchev–Trinajstić information content (AvgIpc) is 2.60. The molecular weight excluding hydrogens is 346 g/mol. The minimum absolute atomic E-state index is 0.209. The van der Waals surface area contributed by atoms with Crippen molar-refractivity contribution >= 4 is 11.6 Å². The summed E-state index contributed by atoms with van der Waals surface area (Å²) in [5, 5.41) is 20.2. The fourth-order valence-corrected chi connectivity index (χ4v) is 4.01. The molecule has 2 saturated heterocycles. The van der Waals surface area contributed by atoms with Gasteiger partial charge < -0.3 is 24.4 Å². The van der Waals surface area contributed by atoms with Crippen LogP contribution in [0, 0.1) is 0 Å². The minimum atomic E-state index is -0.771. The molecule has 0 aromatic heterocycles. The number of benzene rings is 1. The molecule has 25 heavy (non-hydrogen) atoms. The standard InChI is InChI=1S/C18H26ClNO5/c1-23-16-8-13(19)7-12(17(16)24-2)10-20-5-3-18(4-6-20)9-14(21)15(22)11-25-18/h7-8,14-15,21-22H,3-6,9-11H2,1-2H3/t14-,15+/m1/s1. The third-order valence-corrected chi connectivity index (χ3v) is 5.49. The molecule has 0 saturated carbocycles.